The van der Waals surface area contributed by atoms with Crippen LogP contribution in [0.25, 0.3) is 0 Å². The average Bonchev–Trinajstić information content (AvgIpc) is 3.48. The minimum atomic E-state index is -3.08. The fourth-order valence-electron chi connectivity index (χ4n) is 6.93. The Morgan fingerprint density at radius 3 is 1.80 bits per heavy atom. The number of esters is 1. The second-order valence-electron chi connectivity index (χ2n) is 12.2. The molecule has 250 valence electrons. The highest BCUT2D eigenvalue weighted by atomic mass is 31.2. The van der Waals surface area contributed by atoms with E-state index in [9.17, 15) is 19.2 Å². The van der Waals surface area contributed by atoms with Crippen molar-refractivity contribution in [1.82, 2.24) is 9.80 Å². The molecule has 2 fully saturated rings. The summed E-state index contributed by atoms with van der Waals surface area (Å²) in [7, 11) is 1.76. The van der Waals surface area contributed by atoms with Crippen LogP contribution >= 0.6 is 6.89 Å². The maximum Gasteiger partial charge on any atom is 0.356 e. The second-order valence-corrected chi connectivity index (χ2v) is 15.5. The van der Waals surface area contributed by atoms with Crippen molar-refractivity contribution in [2.45, 2.75) is 25.8 Å². The summed E-state index contributed by atoms with van der Waals surface area (Å²) < 4.78 is 5.83. The van der Waals surface area contributed by atoms with Crippen molar-refractivity contribution < 1.29 is 23.9 Å². The number of hydrogen-bond donors (Lipinski definition) is 0. The van der Waals surface area contributed by atoms with Crippen LogP contribution in [0.2, 0.25) is 0 Å². The first-order valence-electron chi connectivity index (χ1n) is 16.5. The van der Waals surface area contributed by atoms with Gasteiger partial charge in [0, 0.05) is 44.7 Å². The van der Waals surface area contributed by atoms with Gasteiger partial charge in [-0.1, -0.05) is 111 Å². The van der Waals surface area contributed by atoms with Crippen molar-refractivity contribution in [3.05, 3.63) is 133 Å². The van der Waals surface area contributed by atoms with Crippen LogP contribution in [0.15, 0.2) is 128 Å². The molecule has 2 aliphatic rings. The number of Topliss-reactive ketones (excluding diaryl/α,β-unsaturated/α-hetero) is 1. The summed E-state index contributed by atoms with van der Waals surface area (Å²) in [4.78, 5) is 60.3. The third-order valence-electron chi connectivity index (χ3n) is 9.39. The Kier molecular flexibility index (Phi) is 9.97. The van der Waals surface area contributed by atoms with E-state index in [1.54, 1.807) is 46.0 Å². The van der Waals surface area contributed by atoms with Crippen LogP contribution in [0.3, 0.4) is 0 Å². The zero-order valence-electron chi connectivity index (χ0n) is 27.8. The Hall–Kier alpha value is -5.20. The van der Waals surface area contributed by atoms with Crippen molar-refractivity contribution in [2.75, 3.05) is 31.6 Å². The first kappa shape index (κ1) is 33.7. The molecule has 0 saturated carbocycles. The Labute approximate surface area is 287 Å². The van der Waals surface area contributed by atoms with E-state index in [-0.39, 0.29) is 36.2 Å². The number of anilines is 1. The van der Waals surface area contributed by atoms with Crippen molar-refractivity contribution in [1.29, 1.82) is 0 Å². The molecule has 4 aromatic rings. The second kappa shape index (κ2) is 14.5. The van der Waals surface area contributed by atoms with Gasteiger partial charge in [-0.25, -0.2) is 9.59 Å². The Bertz CT molecular complexity index is 1810. The molecule has 2 saturated heterocycles. The Morgan fingerprint density at radius 2 is 1.35 bits per heavy atom. The van der Waals surface area contributed by atoms with Gasteiger partial charge in [-0.2, -0.15) is 0 Å². The summed E-state index contributed by atoms with van der Waals surface area (Å²) in [6, 6.07) is 35.8. The maximum absolute atomic E-state index is 14.6. The van der Waals surface area contributed by atoms with Crippen LogP contribution in [0.1, 0.15) is 30.1 Å². The van der Waals surface area contributed by atoms with Gasteiger partial charge in [0.15, 0.2) is 5.78 Å². The summed E-state index contributed by atoms with van der Waals surface area (Å²) in [6.07, 6.45) is 2.04. The number of carbonyl (C=O) groups excluding carboxylic acids is 4. The lowest BCUT2D eigenvalue weighted by atomic mass is 9.81. The zero-order chi connectivity index (χ0) is 34.5. The number of rotatable bonds is 12. The van der Waals surface area contributed by atoms with Crippen LogP contribution < -0.4 is 20.8 Å². The molecule has 2 heterocycles. The van der Waals surface area contributed by atoms with Gasteiger partial charge < -0.3 is 14.5 Å². The largest absolute Gasteiger partial charge is 0.457 e. The number of urea groups is 1. The number of likely N-dealkylation sites (N-methyl/N-ethyl adjacent to an activating group) is 1. The third kappa shape index (κ3) is 6.13. The molecule has 2 atom stereocenters. The van der Waals surface area contributed by atoms with Crippen LogP contribution in [0.4, 0.5) is 10.5 Å². The van der Waals surface area contributed by atoms with E-state index in [0.717, 1.165) is 21.6 Å². The molecule has 3 amide bonds. The van der Waals surface area contributed by atoms with Gasteiger partial charge in [-0.3, -0.25) is 14.5 Å². The van der Waals surface area contributed by atoms with Gasteiger partial charge in [0.25, 0.3) is 0 Å². The predicted octanol–water partition coefficient (Wildman–Crippen LogP) is 5.22. The maximum atomic E-state index is 14.6. The number of nitrogens with zero attached hydrogens (tertiary/aromatic N) is 3. The van der Waals surface area contributed by atoms with E-state index in [4.69, 9.17) is 4.74 Å². The monoisotopic (exact) mass is 673 g/mol. The number of ketones is 1. The van der Waals surface area contributed by atoms with Crippen molar-refractivity contribution in [3.63, 3.8) is 0 Å². The Morgan fingerprint density at radius 1 is 0.816 bits per heavy atom. The SMILES string of the molecule is C=CCOC(=O)C(N1C(=O)C(CC)C1CC(=O)c1ccc(N2CCN(C)C2=O)cc1)=P(c1ccccc1)(c1ccccc1)c1ccccc1. The van der Waals surface area contributed by atoms with Crippen LogP contribution in [-0.2, 0) is 14.3 Å². The van der Waals surface area contributed by atoms with Gasteiger partial charge in [0.1, 0.15) is 12.0 Å². The highest BCUT2D eigenvalue weighted by Crippen LogP contribution is 2.50. The lowest BCUT2D eigenvalue weighted by molar-refractivity contribution is -0.151. The van der Waals surface area contributed by atoms with Gasteiger partial charge in [-0.15, -0.1) is 0 Å². The molecule has 0 N–H and O–H groups in total. The first-order valence-corrected chi connectivity index (χ1v) is 18.3. The summed E-state index contributed by atoms with van der Waals surface area (Å²) in [6.45, 7) is 3.78. The predicted molar refractivity (Wildman–Crippen MR) is 196 cm³/mol. The minimum absolute atomic E-state index is 0.0194. The van der Waals surface area contributed by atoms with Crippen LogP contribution in [-0.4, -0.2) is 71.7 Å². The summed E-state index contributed by atoms with van der Waals surface area (Å²) >= 11 is 0. The normalized spacial score (nSPS) is 17.5. The highest BCUT2D eigenvalue weighted by Gasteiger charge is 2.53. The molecule has 0 bridgehead atoms. The molecular weight excluding hydrogens is 633 g/mol. The number of amides is 3. The Balaban J connectivity index is 1.52. The molecule has 9 heteroatoms. The molecule has 8 nitrogen and oxygen atoms in total. The number of benzene rings is 4. The van der Waals surface area contributed by atoms with Crippen LogP contribution in [0.5, 0.6) is 0 Å². The average molecular weight is 674 g/mol. The molecule has 6 rings (SSSR count). The third-order valence-corrected chi connectivity index (χ3v) is 13.6. The minimum Gasteiger partial charge on any atom is -0.457 e. The van der Waals surface area contributed by atoms with E-state index in [1.807, 2.05) is 97.9 Å². The molecule has 0 spiro atoms. The summed E-state index contributed by atoms with van der Waals surface area (Å²) in [5.74, 6) is -1.42. The standard InChI is InChI=1S/C40H40N3O5P/c1-4-27-48-39(46)38(49(31-15-9-6-10-16-31,32-17-11-7-12-18-32)33-19-13-8-14-20-33)43-35(34(5-2)37(43)45)28-36(44)29-21-23-30(24-22-29)42-26-25-41(3)40(42)47/h4,6-24,34-35H,1,5,25-28H2,2-3H3. The number of carbonyl (C=O) groups is 4. The summed E-state index contributed by atoms with van der Waals surface area (Å²) in [5.41, 5.74) is 1.45. The number of hydrogen-bond acceptors (Lipinski definition) is 5. The van der Waals surface area contributed by atoms with Gasteiger partial charge in [-0.05, 0) is 46.6 Å². The molecule has 2 aliphatic heterocycles. The fraction of sp³-hybridized carbons (Fsp3) is 0.225. The molecule has 2 unspecified atom stereocenters. The molecule has 0 radical (unpaired) electrons. The molecular formula is C40H40N3O5P. The number of ether oxygens (including phenoxy) is 1. The quantitative estimate of drug-likeness (QED) is 0.0677. The molecule has 4 aromatic carbocycles. The fourth-order valence-corrected chi connectivity index (χ4v) is 11.3. The van der Waals surface area contributed by atoms with E-state index in [0.29, 0.717) is 25.1 Å². The smallest absolute Gasteiger partial charge is 0.356 e. The van der Waals surface area contributed by atoms with Gasteiger partial charge >= 0.3 is 12.0 Å². The molecule has 0 aromatic heterocycles. The lowest BCUT2D eigenvalue weighted by Crippen LogP contribution is -2.66. The zero-order valence-corrected chi connectivity index (χ0v) is 28.7. The van der Waals surface area contributed by atoms with E-state index in [1.165, 1.54) is 6.08 Å². The number of likely N-dealkylation sites (tertiary alicyclic amines) is 1. The van der Waals surface area contributed by atoms with E-state index >= 15 is 0 Å². The van der Waals surface area contributed by atoms with Gasteiger partial charge in [0.2, 0.25) is 5.91 Å². The summed E-state index contributed by atoms with van der Waals surface area (Å²) in [5, 5.41) is 2.65. The van der Waals surface area contributed by atoms with E-state index < -0.39 is 24.8 Å². The molecule has 49 heavy (non-hydrogen) atoms. The van der Waals surface area contributed by atoms with Crippen LogP contribution in [0, 0.1) is 5.92 Å². The van der Waals surface area contributed by atoms with E-state index in [2.05, 4.69) is 6.58 Å². The lowest BCUT2D eigenvalue weighted by Gasteiger charge is -2.49. The van der Waals surface area contributed by atoms with Gasteiger partial charge in [0.05, 0.1) is 12.0 Å². The highest BCUT2D eigenvalue weighted by molar-refractivity contribution is 7.96. The van der Waals surface area contributed by atoms with Crippen molar-refractivity contribution in [2.24, 2.45) is 5.92 Å². The molecule has 0 aliphatic carbocycles. The first-order chi connectivity index (χ1) is 23.8. The topological polar surface area (TPSA) is 87.2 Å². The van der Waals surface area contributed by atoms with Crippen molar-refractivity contribution in [3.8, 4) is 0 Å². The van der Waals surface area contributed by atoms with Crippen molar-refractivity contribution >= 4 is 57.6 Å². The number of β-lactam (4-membered cyclic amide) rings is 1.